The van der Waals surface area contributed by atoms with Gasteiger partial charge in [0, 0.05) is 87.9 Å². The first-order chi connectivity index (χ1) is 25.5. The van der Waals surface area contributed by atoms with Crippen LogP contribution in [0.2, 0.25) is 0 Å². The van der Waals surface area contributed by atoms with Gasteiger partial charge in [-0.3, -0.25) is 24.5 Å². The summed E-state index contributed by atoms with van der Waals surface area (Å²) >= 11 is 0. The molecule has 6 heterocycles. The molecule has 7 rings (SSSR count). The Bertz CT molecular complexity index is 1860. The maximum atomic E-state index is 13.6. The van der Waals surface area contributed by atoms with Gasteiger partial charge in [0.1, 0.15) is 6.04 Å². The fraction of sp³-hybridized carbons (Fsp3) is 0.585. The molecular weight excluding hydrogens is 669 g/mol. The molecule has 3 aromatic rings. The molecular formula is C41H58N8O4. The SMILES string of the molecule is CCn1c(-c2cc(N3CCN(C)CC3)cnc2[C@H](C)OC)c2c3cc(ccc31)C1=CCCN(C1)C[C@H](N)C(=O)N1CCCC(N1)C(=O)OCC(C)(C)C2. The van der Waals surface area contributed by atoms with Crippen molar-refractivity contribution in [3.05, 3.63) is 53.4 Å². The molecule has 1 aromatic carbocycles. The first-order valence-electron chi connectivity index (χ1n) is 19.5. The third-order valence-electron chi connectivity index (χ3n) is 11.6. The molecule has 53 heavy (non-hydrogen) atoms. The number of esters is 1. The Morgan fingerprint density at radius 3 is 2.66 bits per heavy atom. The Hall–Kier alpha value is -3.81. The number of nitrogens with zero attached hydrogens (tertiary/aromatic N) is 6. The minimum absolute atomic E-state index is 0.187. The second-order valence-corrected chi connectivity index (χ2v) is 16.2. The number of methoxy groups -OCH3 is 1. The molecule has 12 nitrogen and oxygen atoms in total. The zero-order valence-corrected chi connectivity index (χ0v) is 32.5. The number of hydrogen-bond donors (Lipinski definition) is 2. The molecule has 0 aliphatic carbocycles. The summed E-state index contributed by atoms with van der Waals surface area (Å²) in [6.45, 7) is 16.0. The van der Waals surface area contributed by atoms with Crippen LogP contribution in [0.25, 0.3) is 27.7 Å². The molecule has 1 amide bonds. The molecule has 2 saturated heterocycles. The zero-order chi connectivity index (χ0) is 37.4. The third kappa shape index (κ3) is 7.75. The van der Waals surface area contributed by atoms with Gasteiger partial charge >= 0.3 is 5.97 Å². The van der Waals surface area contributed by atoms with Crippen molar-refractivity contribution in [2.75, 3.05) is 78.0 Å². The topological polar surface area (TPSA) is 121 Å². The zero-order valence-electron chi connectivity index (χ0n) is 32.5. The molecule has 286 valence electrons. The van der Waals surface area contributed by atoms with E-state index < -0.39 is 17.5 Å². The second-order valence-electron chi connectivity index (χ2n) is 16.2. The van der Waals surface area contributed by atoms with Crippen LogP contribution in [0.5, 0.6) is 0 Å². The summed E-state index contributed by atoms with van der Waals surface area (Å²) in [5, 5.41) is 2.73. The van der Waals surface area contributed by atoms with Crippen molar-refractivity contribution < 1.29 is 19.1 Å². The Balaban J connectivity index is 1.38. The maximum Gasteiger partial charge on any atom is 0.324 e. The van der Waals surface area contributed by atoms with E-state index in [1.54, 1.807) is 7.11 Å². The maximum absolute atomic E-state index is 13.6. The van der Waals surface area contributed by atoms with Crippen molar-refractivity contribution in [2.24, 2.45) is 11.1 Å². The van der Waals surface area contributed by atoms with Crippen molar-refractivity contribution >= 4 is 34.0 Å². The highest BCUT2D eigenvalue weighted by Gasteiger charge is 2.35. The summed E-state index contributed by atoms with van der Waals surface area (Å²) in [7, 11) is 3.92. The number of benzene rings is 1. The Labute approximate surface area is 314 Å². The highest BCUT2D eigenvalue weighted by atomic mass is 16.5. The second kappa shape index (κ2) is 15.5. The predicted octanol–water partition coefficient (Wildman–Crippen LogP) is 4.22. The first-order valence-corrected chi connectivity index (χ1v) is 19.5. The van der Waals surface area contributed by atoms with E-state index in [0.717, 1.165) is 73.8 Å². The number of anilines is 1. The number of aryl methyl sites for hydroxylation is 1. The summed E-state index contributed by atoms with van der Waals surface area (Å²) in [6.07, 6.45) is 6.99. The molecule has 2 aromatic heterocycles. The van der Waals surface area contributed by atoms with Gasteiger partial charge in [0.05, 0.1) is 42.0 Å². The first kappa shape index (κ1) is 37.5. The molecule has 3 N–H and O–H groups in total. The summed E-state index contributed by atoms with van der Waals surface area (Å²) in [4.78, 5) is 39.3. The monoisotopic (exact) mass is 726 g/mol. The van der Waals surface area contributed by atoms with E-state index in [-0.39, 0.29) is 24.6 Å². The summed E-state index contributed by atoms with van der Waals surface area (Å²) in [5.74, 6) is -0.525. The fourth-order valence-electron chi connectivity index (χ4n) is 8.51. The number of nitrogens with one attached hydrogen (secondary N) is 1. The lowest BCUT2D eigenvalue weighted by Gasteiger charge is -2.36. The highest BCUT2D eigenvalue weighted by molar-refractivity contribution is 5.95. The van der Waals surface area contributed by atoms with Crippen molar-refractivity contribution in [1.29, 1.82) is 0 Å². The third-order valence-corrected chi connectivity index (χ3v) is 11.6. The average molecular weight is 727 g/mol. The molecule has 4 atom stereocenters. The van der Waals surface area contributed by atoms with Gasteiger partial charge in [-0.1, -0.05) is 26.0 Å². The van der Waals surface area contributed by atoms with E-state index >= 15 is 0 Å². The van der Waals surface area contributed by atoms with Gasteiger partial charge in [-0.2, -0.15) is 0 Å². The van der Waals surface area contributed by atoms with E-state index in [2.05, 4.69) is 89.8 Å². The number of piperazine rings is 1. The number of carbonyl (C=O) groups excluding carboxylic acids is 2. The van der Waals surface area contributed by atoms with Gasteiger partial charge < -0.3 is 29.6 Å². The van der Waals surface area contributed by atoms with Crippen LogP contribution in [-0.2, 0) is 32.0 Å². The molecule has 2 fully saturated rings. The van der Waals surface area contributed by atoms with E-state index in [4.69, 9.17) is 20.2 Å². The van der Waals surface area contributed by atoms with E-state index in [1.165, 1.54) is 27.1 Å². The molecule has 0 spiro atoms. The molecule has 6 bridgehead atoms. The van der Waals surface area contributed by atoms with Crippen LogP contribution in [0.1, 0.15) is 69.9 Å². The van der Waals surface area contributed by atoms with Gasteiger partial charge in [0.2, 0.25) is 0 Å². The number of hydrazine groups is 1. The molecule has 4 aliphatic heterocycles. The number of ether oxygens (including phenoxy) is 2. The number of pyridine rings is 1. The number of amides is 1. The van der Waals surface area contributed by atoms with Crippen LogP contribution in [0.3, 0.4) is 0 Å². The average Bonchev–Trinajstić information content (AvgIpc) is 3.47. The van der Waals surface area contributed by atoms with Crippen molar-refractivity contribution in [1.82, 2.24) is 29.8 Å². The lowest BCUT2D eigenvalue weighted by molar-refractivity contribution is -0.155. The van der Waals surface area contributed by atoms with E-state index in [1.807, 2.05) is 6.20 Å². The number of hydrogen-bond acceptors (Lipinski definition) is 10. The number of carbonyl (C=O) groups is 2. The minimum atomic E-state index is -0.705. The number of aromatic nitrogens is 2. The predicted molar refractivity (Wildman–Crippen MR) is 209 cm³/mol. The van der Waals surface area contributed by atoms with Gasteiger partial charge in [-0.15, -0.1) is 0 Å². The van der Waals surface area contributed by atoms with Crippen LogP contribution >= 0.6 is 0 Å². The van der Waals surface area contributed by atoms with E-state index in [0.29, 0.717) is 38.9 Å². The smallest absolute Gasteiger partial charge is 0.324 e. The van der Waals surface area contributed by atoms with Crippen LogP contribution in [0.15, 0.2) is 36.5 Å². The molecule has 12 heteroatoms. The van der Waals surface area contributed by atoms with Crippen LogP contribution < -0.4 is 16.1 Å². The Kier molecular flexibility index (Phi) is 11.0. The molecule has 0 saturated carbocycles. The lowest BCUT2D eigenvalue weighted by Crippen LogP contribution is -2.60. The number of cyclic esters (lactones) is 1. The normalized spacial score (nSPS) is 25.2. The van der Waals surface area contributed by atoms with Crippen molar-refractivity contribution in [2.45, 2.75) is 78.1 Å². The molecule has 4 aliphatic rings. The number of likely N-dealkylation sites (N-methyl/N-ethyl adjacent to an activating group) is 1. The number of rotatable bonds is 5. The summed E-state index contributed by atoms with van der Waals surface area (Å²) in [6, 6.07) is 7.88. The summed E-state index contributed by atoms with van der Waals surface area (Å²) in [5.41, 5.74) is 18.3. The van der Waals surface area contributed by atoms with Crippen LogP contribution in [-0.4, -0.2) is 121 Å². The minimum Gasteiger partial charge on any atom is -0.464 e. The van der Waals surface area contributed by atoms with Gasteiger partial charge in [-0.25, -0.2) is 5.43 Å². The largest absolute Gasteiger partial charge is 0.464 e. The lowest BCUT2D eigenvalue weighted by atomic mass is 9.84. The van der Waals surface area contributed by atoms with Crippen LogP contribution in [0.4, 0.5) is 5.69 Å². The number of nitrogens with two attached hydrogens (primary N) is 1. The van der Waals surface area contributed by atoms with Gasteiger partial charge in [0.15, 0.2) is 0 Å². The van der Waals surface area contributed by atoms with Gasteiger partial charge in [-0.05, 0) is 81.5 Å². The Morgan fingerprint density at radius 1 is 1.11 bits per heavy atom. The summed E-state index contributed by atoms with van der Waals surface area (Å²) < 4.78 is 14.5. The molecule has 0 radical (unpaired) electrons. The Morgan fingerprint density at radius 2 is 1.91 bits per heavy atom. The van der Waals surface area contributed by atoms with Gasteiger partial charge in [0.25, 0.3) is 5.91 Å². The standard InChI is InChI=1S/C41H58N8O4/c1-7-48-36-13-12-28-20-31(36)33(38(48)32-21-30(23-43-37(32)27(2)52-6)47-18-16-45(5)17-19-47)22-41(3,4)26-53-40(51)35-11-9-15-49(44-35)39(50)34(42)25-46-14-8-10-29(28)24-46/h10,12-13,20-21,23,27,34-35,44H,7-9,11,14-19,22,24-26,42H2,1-6H3/t27-,34-,35?/m0/s1. The quantitative estimate of drug-likeness (QED) is 0.370. The highest BCUT2D eigenvalue weighted by Crippen LogP contribution is 2.43. The molecule has 2 unspecified atom stereocenters. The van der Waals surface area contributed by atoms with Crippen molar-refractivity contribution in [3.8, 4) is 11.3 Å². The van der Waals surface area contributed by atoms with E-state index in [9.17, 15) is 9.59 Å². The fourth-order valence-corrected chi connectivity index (χ4v) is 8.51. The van der Waals surface area contributed by atoms with Crippen LogP contribution in [0, 0.1) is 5.41 Å². The van der Waals surface area contributed by atoms with Crippen molar-refractivity contribution in [3.63, 3.8) is 0 Å². The number of fused-ring (bicyclic) bond motifs is 6.